The van der Waals surface area contributed by atoms with Gasteiger partial charge >= 0.3 is 0 Å². The number of carbonyl (C=O) groups excluding carboxylic acids is 2. The van der Waals surface area contributed by atoms with Crippen LogP contribution in [-0.2, 0) is 22.6 Å². The minimum atomic E-state index is -0.763. The molecule has 3 rings (SSSR count). The van der Waals surface area contributed by atoms with Crippen molar-refractivity contribution in [1.82, 2.24) is 10.2 Å². The molecule has 0 radical (unpaired) electrons. The Morgan fingerprint density at radius 1 is 0.941 bits per heavy atom. The van der Waals surface area contributed by atoms with Gasteiger partial charge < -0.3 is 15.0 Å². The van der Waals surface area contributed by atoms with E-state index in [2.05, 4.69) is 5.32 Å². The van der Waals surface area contributed by atoms with Crippen molar-refractivity contribution in [2.45, 2.75) is 45.8 Å². The quantitative estimate of drug-likeness (QED) is 0.476. The normalized spacial score (nSPS) is 11.7. The molecule has 0 saturated heterocycles. The van der Waals surface area contributed by atoms with Crippen LogP contribution in [0.1, 0.15) is 30.5 Å². The second-order valence-electron chi connectivity index (χ2n) is 8.54. The van der Waals surface area contributed by atoms with Crippen LogP contribution in [0.3, 0.4) is 0 Å². The van der Waals surface area contributed by atoms with E-state index in [1.807, 2.05) is 75.4 Å². The lowest BCUT2D eigenvalue weighted by Crippen LogP contribution is -2.53. The first-order valence-electron chi connectivity index (χ1n) is 11.4. The Kier molecular flexibility index (Phi) is 8.79. The highest BCUT2D eigenvalue weighted by atomic mass is 19.1. The molecule has 0 aliphatic carbocycles. The summed E-state index contributed by atoms with van der Waals surface area (Å²) < 4.78 is 19.6. The zero-order valence-electron chi connectivity index (χ0n) is 19.8. The van der Waals surface area contributed by atoms with Crippen molar-refractivity contribution in [3.05, 3.63) is 101 Å². The summed E-state index contributed by atoms with van der Waals surface area (Å²) in [6.45, 7) is 5.58. The molecule has 0 aliphatic rings. The molecule has 34 heavy (non-hydrogen) atoms. The largest absolute Gasteiger partial charge is 0.481 e. The Morgan fingerprint density at radius 3 is 2.26 bits per heavy atom. The highest BCUT2D eigenvalue weighted by molar-refractivity contribution is 5.88. The van der Waals surface area contributed by atoms with Gasteiger partial charge in [0, 0.05) is 19.0 Å². The lowest BCUT2D eigenvalue weighted by atomic mass is 10.0. The molecule has 0 heterocycles. The molecule has 1 unspecified atom stereocenters. The molecule has 1 atom stereocenters. The molecule has 178 valence electrons. The predicted octanol–water partition coefficient (Wildman–Crippen LogP) is 4.68. The summed E-state index contributed by atoms with van der Waals surface area (Å²) in [6, 6.07) is 22.4. The molecule has 1 N–H and O–H groups in total. The number of nitrogens with one attached hydrogen (secondary N) is 1. The van der Waals surface area contributed by atoms with Crippen molar-refractivity contribution in [2.24, 2.45) is 0 Å². The van der Waals surface area contributed by atoms with Gasteiger partial charge in [-0.1, -0.05) is 66.7 Å². The molecule has 3 aromatic carbocycles. The molecule has 6 heteroatoms. The van der Waals surface area contributed by atoms with E-state index in [-0.39, 0.29) is 30.9 Å². The van der Waals surface area contributed by atoms with Crippen molar-refractivity contribution >= 4 is 11.8 Å². The molecular formula is C28H31FN2O3. The van der Waals surface area contributed by atoms with Crippen molar-refractivity contribution in [3.63, 3.8) is 0 Å². The number of hydrogen-bond acceptors (Lipinski definition) is 3. The van der Waals surface area contributed by atoms with E-state index in [0.29, 0.717) is 6.42 Å². The molecule has 0 fully saturated rings. The fourth-order valence-electron chi connectivity index (χ4n) is 3.69. The molecule has 5 nitrogen and oxygen atoms in total. The van der Waals surface area contributed by atoms with Gasteiger partial charge in [-0.3, -0.25) is 9.59 Å². The SMILES string of the molecule is Cc1ccccc1CN(C(=O)COc1ccccc1F)C(Cc1ccccc1)C(=O)NC(C)C. The first kappa shape index (κ1) is 25.0. The van der Waals surface area contributed by atoms with Crippen molar-refractivity contribution in [2.75, 3.05) is 6.61 Å². The van der Waals surface area contributed by atoms with Crippen molar-refractivity contribution < 1.29 is 18.7 Å². The van der Waals surface area contributed by atoms with Gasteiger partial charge in [-0.15, -0.1) is 0 Å². The molecule has 0 spiro atoms. The second-order valence-corrected chi connectivity index (χ2v) is 8.54. The zero-order chi connectivity index (χ0) is 24.5. The van der Waals surface area contributed by atoms with E-state index in [9.17, 15) is 14.0 Å². The average Bonchev–Trinajstić information content (AvgIpc) is 2.82. The second kappa shape index (κ2) is 12.0. The number of amides is 2. The van der Waals surface area contributed by atoms with Gasteiger partial charge in [-0.05, 0) is 49.6 Å². The molecule has 0 aromatic heterocycles. The Morgan fingerprint density at radius 2 is 1.59 bits per heavy atom. The lowest BCUT2D eigenvalue weighted by molar-refractivity contribution is -0.143. The van der Waals surface area contributed by atoms with Crippen LogP contribution in [0.4, 0.5) is 4.39 Å². The predicted molar refractivity (Wildman–Crippen MR) is 131 cm³/mol. The maximum absolute atomic E-state index is 14.0. The van der Waals surface area contributed by atoms with Gasteiger partial charge in [0.15, 0.2) is 18.2 Å². The van der Waals surface area contributed by atoms with E-state index < -0.39 is 17.8 Å². The molecule has 0 bridgehead atoms. The summed E-state index contributed by atoms with van der Waals surface area (Å²) in [5, 5.41) is 2.95. The first-order valence-corrected chi connectivity index (χ1v) is 11.4. The minimum Gasteiger partial charge on any atom is -0.481 e. The van der Waals surface area contributed by atoms with Gasteiger partial charge in [0.1, 0.15) is 6.04 Å². The standard InChI is InChI=1S/C28H31FN2O3/c1-20(2)30-28(33)25(17-22-12-5-4-6-13-22)31(18-23-14-8-7-11-21(23)3)27(32)19-34-26-16-10-9-15-24(26)29/h4-16,20,25H,17-19H2,1-3H3,(H,30,33). The number of hydrogen-bond donors (Lipinski definition) is 1. The van der Waals surface area contributed by atoms with Crippen LogP contribution in [0.25, 0.3) is 0 Å². The molecule has 2 amide bonds. The lowest BCUT2D eigenvalue weighted by Gasteiger charge is -2.32. The van der Waals surface area contributed by atoms with Crippen molar-refractivity contribution in [1.29, 1.82) is 0 Å². The average molecular weight is 463 g/mol. The number of aryl methyl sites for hydroxylation is 1. The van der Waals surface area contributed by atoms with Gasteiger partial charge in [0.05, 0.1) is 0 Å². The van der Waals surface area contributed by atoms with E-state index in [1.165, 1.54) is 17.0 Å². The number of nitrogens with zero attached hydrogens (tertiary/aromatic N) is 1. The Balaban J connectivity index is 1.93. The minimum absolute atomic E-state index is 0.00191. The van der Waals surface area contributed by atoms with Gasteiger partial charge in [0.2, 0.25) is 5.91 Å². The highest BCUT2D eigenvalue weighted by Crippen LogP contribution is 2.19. The summed E-state index contributed by atoms with van der Waals surface area (Å²) in [5.74, 6) is -1.19. The number of benzene rings is 3. The van der Waals surface area contributed by atoms with E-state index in [0.717, 1.165) is 16.7 Å². The number of carbonyl (C=O) groups is 2. The zero-order valence-corrected chi connectivity index (χ0v) is 19.8. The Labute approximate surface area is 200 Å². The Bertz CT molecular complexity index is 1100. The fraction of sp³-hybridized carbons (Fsp3) is 0.286. The van der Waals surface area contributed by atoms with Crippen LogP contribution < -0.4 is 10.1 Å². The number of para-hydroxylation sites is 1. The van der Waals surface area contributed by atoms with E-state index >= 15 is 0 Å². The highest BCUT2D eigenvalue weighted by Gasteiger charge is 2.31. The summed E-state index contributed by atoms with van der Waals surface area (Å²) in [4.78, 5) is 28.3. The smallest absolute Gasteiger partial charge is 0.261 e. The topological polar surface area (TPSA) is 58.6 Å². The van der Waals surface area contributed by atoms with Crippen LogP contribution in [0.15, 0.2) is 78.9 Å². The van der Waals surface area contributed by atoms with Crippen LogP contribution in [0, 0.1) is 12.7 Å². The van der Waals surface area contributed by atoms with Crippen LogP contribution in [0.2, 0.25) is 0 Å². The van der Waals surface area contributed by atoms with E-state index in [1.54, 1.807) is 12.1 Å². The molecular weight excluding hydrogens is 431 g/mol. The third-order valence-corrected chi connectivity index (χ3v) is 5.49. The fourth-order valence-corrected chi connectivity index (χ4v) is 3.69. The number of ether oxygens (including phenoxy) is 1. The molecule has 0 aliphatic heterocycles. The third-order valence-electron chi connectivity index (χ3n) is 5.49. The van der Waals surface area contributed by atoms with Gasteiger partial charge in [-0.25, -0.2) is 4.39 Å². The van der Waals surface area contributed by atoms with E-state index in [4.69, 9.17) is 4.74 Å². The summed E-state index contributed by atoms with van der Waals surface area (Å²) in [6.07, 6.45) is 0.344. The van der Waals surface area contributed by atoms with Gasteiger partial charge in [0.25, 0.3) is 5.91 Å². The summed E-state index contributed by atoms with van der Waals surface area (Å²) in [5.41, 5.74) is 2.87. The van der Waals surface area contributed by atoms with Crippen LogP contribution >= 0.6 is 0 Å². The molecule has 3 aromatic rings. The number of halogens is 1. The maximum atomic E-state index is 14.0. The monoisotopic (exact) mass is 462 g/mol. The summed E-state index contributed by atoms with van der Waals surface area (Å²) in [7, 11) is 0. The van der Waals surface area contributed by atoms with Gasteiger partial charge in [-0.2, -0.15) is 0 Å². The summed E-state index contributed by atoms with van der Waals surface area (Å²) >= 11 is 0. The first-order chi connectivity index (χ1) is 16.3. The Hall–Kier alpha value is -3.67. The maximum Gasteiger partial charge on any atom is 0.261 e. The third kappa shape index (κ3) is 6.91. The van der Waals surface area contributed by atoms with Crippen LogP contribution in [0.5, 0.6) is 5.75 Å². The molecule has 0 saturated carbocycles. The van der Waals surface area contributed by atoms with Crippen molar-refractivity contribution in [3.8, 4) is 5.75 Å². The number of rotatable bonds is 10. The van der Waals surface area contributed by atoms with Crippen LogP contribution in [-0.4, -0.2) is 35.4 Å².